The minimum absolute atomic E-state index is 0.175. The number of amides is 1. The van der Waals surface area contributed by atoms with Gasteiger partial charge in [0, 0.05) is 18.5 Å². The number of carbonyl (C=O) groups excluding carboxylic acids is 1. The highest BCUT2D eigenvalue weighted by Gasteiger charge is 2.37. The molecule has 0 N–H and O–H groups in total. The van der Waals surface area contributed by atoms with Gasteiger partial charge in [0.25, 0.3) is 0 Å². The fourth-order valence-electron chi connectivity index (χ4n) is 3.06. The molecule has 2 fully saturated rings. The topological polar surface area (TPSA) is 20.3 Å². The molecular weight excluding hydrogens is 174 g/mol. The Morgan fingerprint density at radius 3 is 2.64 bits per heavy atom. The van der Waals surface area contributed by atoms with E-state index in [1.165, 1.54) is 32.1 Å². The van der Waals surface area contributed by atoms with Crippen molar-refractivity contribution in [3.05, 3.63) is 0 Å². The molecule has 2 unspecified atom stereocenters. The summed E-state index contributed by atoms with van der Waals surface area (Å²) in [5, 5.41) is 0. The number of carbonyl (C=O) groups is 1. The minimum Gasteiger partial charge on any atom is -0.339 e. The van der Waals surface area contributed by atoms with E-state index in [0.717, 1.165) is 12.5 Å². The highest BCUT2D eigenvalue weighted by Crippen LogP contribution is 2.37. The molecule has 2 nitrogen and oxygen atoms in total. The monoisotopic (exact) mass is 195 g/mol. The van der Waals surface area contributed by atoms with Crippen LogP contribution in [0.15, 0.2) is 0 Å². The summed E-state index contributed by atoms with van der Waals surface area (Å²) >= 11 is 0. The van der Waals surface area contributed by atoms with Crippen molar-refractivity contribution in [3.8, 4) is 0 Å². The third-order valence-electron chi connectivity index (χ3n) is 3.77. The van der Waals surface area contributed by atoms with Gasteiger partial charge in [0.15, 0.2) is 0 Å². The third kappa shape index (κ3) is 1.67. The quantitative estimate of drug-likeness (QED) is 0.629. The molecule has 0 aromatic heterocycles. The number of nitrogens with zero attached hydrogens (tertiary/aromatic N) is 1. The van der Waals surface area contributed by atoms with E-state index in [0.29, 0.717) is 11.9 Å². The van der Waals surface area contributed by atoms with E-state index in [4.69, 9.17) is 0 Å². The highest BCUT2D eigenvalue weighted by molar-refractivity contribution is 5.78. The molecular formula is C12H21NO. The summed E-state index contributed by atoms with van der Waals surface area (Å²) in [7, 11) is 0. The lowest BCUT2D eigenvalue weighted by Crippen LogP contribution is -2.47. The van der Waals surface area contributed by atoms with E-state index >= 15 is 0 Å². The average molecular weight is 195 g/mol. The molecule has 0 aromatic carbocycles. The molecule has 2 heteroatoms. The maximum atomic E-state index is 12.0. The molecule has 0 spiro atoms. The Bertz CT molecular complexity index is 224. The predicted molar refractivity (Wildman–Crippen MR) is 56.9 cm³/mol. The van der Waals surface area contributed by atoms with E-state index in [-0.39, 0.29) is 5.92 Å². The molecule has 1 heterocycles. The van der Waals surface area contributed by atoms with Gasteiger partial charge in [-0.15, -0.1) is 0 Å². The molecule has 1 saturated carbocycles. The summed E-state index contributed by atoms with van der Waals surface area (Å²) < 4.78 is 0. The van der Waals surface area contributed by atoms with Crippen molar-refractivity contribution in [2.24, 2.45) is 11.8 Å². The van der Waals surface area contributed by atoms with Gasteiger partial charge in [0.2, 0.25) is 5.91 Å². The van der Waals surface area contributed by atoms with Crippen molar-refractivity contribution in [1.82, 2.24) is 4.90 Å². The van der Waals surface area contributed by atoms with Crippen LogP contribution in [0.4, 0.5) is 0 Å². The standard InChI is InChI=1S/C12H21NO/c1-9(2)12(14)13-8-4-6-10-5-3-7-11(10)13/h9-11H,3-8H2,1-2H3. The lowest BCUT2D eigenvalue weighted by molar-refractivity contribution is -0.139. The molecule has 0 bridgehead atoms. The second kappa shape index (κ2) is 3.92. The first-order valence-corrected chi connectivity index (χ1v) is 6.00. The Labute approximate surface area is 86.7 Å². The summed E-state index contributed by atoms with van der Waals surface area (Å²) in [6.07, 6.45) is 6.51. The van der Waals surface area contributed by atoms with Crippen LogP contribution in [-0.4, -0.2) is 23.4 Å². The number of piperidine rings is 1. The van der Waals surface area contributed by atoms with Crippen molar-refractivity contribution in [2.75, 3.05) is 6.54 Å². The molecule has 1 saturated heterocycles. The van der Waals surface area contributed by atoms with Gasteiger partial charge in [-0.05, 0) is 31.6 Å². The van der Waals surface area contributed by atoms with E-state index < -0.39 is 0 Å². The first-order chi connectivity index (χ1) is 6.70. The van der Waals surface area contributed by atoms with Gasteiger partial charge < -0.3 is 4.90 Å². The molecule has 0 radical (unpaired) electrons. The van der Waals surface area contributed by atoms with Crippen molar-refractivity contribution in [2.45, 2.75) is 52.0 Å². The average Bonchev–Trinajstić information content (AvgIpc) is 2.63. The van der Waals surface area contributed by atoms with Crippen LogP contribution in [0.5, 0.6) is 0 Å². The Hall–Kier alpha value is -0.530. The Kier molecular flexibility index (Phi) is 2.80. The van der Waals surface area contributed by atoms with E-state index in [1.807, 2.05) is 13.8 Å². The van der Waals surface area contributed by atoms with Crippen LogP contribution in [0.25, 0.3) is 0 Å². The van der Waals surface area contributed by atoms with Gasteiger partial charge in [0.1, 0.15) is 0 Å². The van der Waals surface area contributed by atoms with E-state index in [9.17, 15) is 4.79 Å². The van der Waals surface area contributed by atoms with Crippen molar-refractivity contribution in [1.29, 1.82) is 0 Å². The van der Waals surface area contributed by atoms with Crippen LogP contribution in [0.1, 0.15) is 46.0 Å². The molecule has 2 rings (SSSR count). The van der Waals surface area contributed by atoms with Crippen LogP contribution in [-0.2, 0) is 4.79 Å². The zero-order valence-corrected chi connectivity index (χ0v) is 9.33. The highest BCUT2D eigenvalue weighted by atomic mass is 16.2. The predicted octanol–water partition coefficient (Wildman–Crippen LogP) is 2.43. The maximum absolute atomic E-state index is 12.0. The van der Waals surface area contributed by atoms with Gasteiger partial charge in [0.05, 0.1) is 0 Å². The molecule has 14 heavy (non-hydrogen) atoms. The second-order valence-corrected chi connectivity index (χ2v) is 5.09. The van der Waals surface area contributed by atoms with E-state index in [2.05, 4.69) is 4.90 Å². The van der Waals surface area contributed by atoms with Crippen LogP contribution in [0.2, 0.25) is 0 Å². The van der Waals surface area contributed by atoms with Crippen LogP contribution in [0.3, 0.4) is 0 Å². The summed E-state index contributed by atoms with van der Waals surface area (Å²) in [6, 6.07) is 0.596. The SMILES string of the molecule is CC(C)C(=O)N1CCCC2CCCC21. The Morgan fingerprint density at radius 2 is 1.93 bits per heavy atom. The summed E-state index contributed by atoms with van der Waals surface area (Å²) in [5.41, 5.74) is 0. The fourth-order valence-corrected chi connectivity index (χ4v) is 3.06. The van der Waals surface area contributed by atoms with Gasteiger partial charge in [-0.25, -0.2) is 0 Å². The molecule has 1 aliphatic heterocycles. The summed E-state index contributed by atoms with van der Waals surface area (Å²) in [5.74, 6) is 1.38. The van der Waals surface area contributed by atoms with Gasteiger partial charge >= 0.3 is 0 Å². The van der Waals surface area contributed by atoms with Crippen LogP contribution < -0.4 is 0 Å². The van der Waals surface area contributed by atoms with E-state index in [1.54, 1.807) is 0 Å². The number of likely N-dealkylation sites (tertiary alicyclic amines) is 1. The van der Waals surface area contributed by atoms with Crippen LogP contribution in [0, 0.1) is 11.8 Å². The molecule has 1 amide bonds. The second-order valence-electron chi connectivity index (χ2n) is 5.09. The first kappa shape index (κ1) is 10.0. The summed E-state index contributed by atoms with van der Waals surface area (Å²) in [6.45, 7) is 5.04. The minimum atomic E-state index is 0.175. The van der Waals surface area contributed by atoms with Gasteiger partial charge in [-0.3, -0.25) is 4.79 Å². The zero-order chi connectivity index (χ0) is 10.1. The lowest BCUT2D eigenvalue weighted by atomic mass is 9.91. The van der Waals surface area contributed by atoms with Crippen molar-refractivity contribution >= 4 is 5.91 Å². The Morgan fingerprint density at radius 1 is 1.21 bits per heavy atom. The zero-order valence-electron chi connectivity index (χ0n) is 9.33. The smallest absolute Gasteiger partial charge is 0.225 e. The first-order valence-electron chi connectivity index (χ1n) is 6.00. The van der Waals surface area contributed by atoms with Crippen molar-refractivity contribution < 1.29 is 4.79 Å². The largest absolute Gasteiger partial charge is 0.339 e. The Balaban J connectivity index is 2.06. The fraction of sp³-hybridized carbons (Fsp3) is 0.917. The van der Waals surface area contributed by atoms with Crippen LogP contribution >= 0.6 is 0 Å². The number of fused-ring (bicyclic) bond motifs is 1. The third-order valence-corrected chi connectivity index (χ3v) is 3.77. The molecule has 2 aliphatic rings. The molecule has 0 aromatic rings. The maximum Gasteiger partial charge on any atom is 0.225 e. The molecule has 80 valence electrons. The lowest BCUT2D eigenvalue weighted by Gasteiger charge is -2.38. The number of hydrogen-bond acceptors (Lipinski definition) is 1. The number of hydrogen-bond donors (Lipinski definition) is 0. The summed E-state index contributed by atoms with van der Waals surface area (Å²) in [4.78, 5) is 14.1. The van der Waals surface area contributed by atoms with Crippen molar-refractivity contribution in [3.63, 3.8) is 0 Å². The molecule has 2 atom stereocenters. The van der Waals surface area contributed by atoms with Gasteiger partial charge in [-0.1, -0.05) is 20.3 Å². The molecule has 1 aliphatic carbocycles. The normalized spacial score (nSPS) is 32.1. The van der Waals surface area contributed by atoms with Gasteiger partial charge in [-0.2, -0.15) is 0 Å². The number of rotatable bonds is 1.